The van der Waals surface area contributed by atoms with Crippen LogP contribution >= 0.6 is 0 Å². The molecule has 0 aliphatic carbocycles. The molecule has 0 saturated heterocycles. The fraction of sp³-hybridized carbons (Fsp3) is 0.579. The number of rotatable bonds is 8. The van der Waals surface area contributed by atoms with Crippen molar-refractivity contribution in [3.05, 3.63) is 29.8 Å². The Kier molecular flexibility index (Phi) is 6.23. The van der Waals surface area contributed by atoms with E-state index in [-0.39, 0.29) is 5.96 Å². The van der Waals surface area contributed by atoms with Crippen molar-refractivity contribution in [3.63, 3.8) is 0 Å². The Bertz CT molecular complexity index is 604. The maximum Gasteiger partial charge on any atom is 0.220 e. The van der Waals surface area contributed by atoms with E-state index >= 15 is 0 Å². The minimum Gasteiger partial charge on any atom is -0.369 e. The Morgan fingerprint density at radius 3 is 2.46 bits per heavy atom. The number of nitrogens with two attached hydrogens (primary N) is 2. The van der Waals surface area contributed by atoms with Crippen LogP contribution < -0.4 is 16.4 Å². The van der Waals surface area contributed by atoms with Gasteiger partial charge in [0, 0.05) is 5.69 Å². The lowest BCUT2D eigenvalue weighted by atomic mass is 10.0. The zero-order valence-electron chi connectivity index (χ0n) is 15.3. The van der Waals surface area contributed by atoms with Crippen LogP contribution in [0, 0.1) is 0 Å². The van der Waals surface area contributed by atoms with Crippen molar-refractivity contribution in [2.24, 2.45) is 21.5 Å². The van der Waals surface area contributed by atoms with Gasteiger partial charge in [0.1, 0.15) is 5.66 Å². The molecule has 1 aromatic carbocycles. The van der Waals surface area contributed by atoms with Crippen molar-refractivity contribution in [2.45, 2.75) is 71.4 Å². The molecule has 0 amide bonds. The van der Waals surface area contributed by atoms with E-state index in [4.69, 9.17) is 11.5 Å². The molecule has 5 heteroatoms. The van der Waals surface area contributed by atoms with Gasteiger partial charge in [-0.1, -0.05) is 51.2 Å². The Morgan fingerprint density at radius 1 is 1.04 bits per heavy atom. The molecule has 1 aliphatic rings. The van der Waals surface area contributed by atoms with Crippen LogP contribution in [0.15, 0.2) is 34.3 Å². The molecule has 4 N–H and O–H groups in total. The maximum atomic E-state index is 6.11. The third-order valence-corrected chi connectivity index (χ3v) is 4.38. The molecule has 1 heterocycles. The third-order valence-electron chi connectivity index (χ3n) is 4.38. The van der Waals surface area contributed by atoms with E-state index in [1.165, 1.54) is 44.1 Å². The summed E-state index contributed by atoms with van der Waals surface area (Å²) in [6.45, 7) is 6.23. The Hall–Kier alpha value is -2.04. The number of hydrogen-bond donors (Lipinski definition) is 2. The first kappa shape index (κ1) is 18.3. The monoisotopic (exact) mass is 329 g/mol. The molecule has 0 saturated carbocycles. The van der Waals surface area contributed by atoms with Gasteiger partial charge in [-0.25, -0.2) is 4.99 Å². The highest BCUT2D eigenvalue weighted by molar-refractivity contribution is 6.05. The largest absolute Gasteiger partial charge is 0.369 e. The molecular formula is C19H31N5. The molecule has 0 fully saturated rings. The van der Waals surface area contributed by atoms with E-state index in [0.29, 0.717) is 5.96 Å². The highest BCUT2D eigenvalue weighted by Gasteiger charge is 2.32. The van der Waals surface area contributed by atoms with Crippen molar-refractivity contribution in [1.82, 2.24) is 0 Å². The summed E-state index contributed by atoms with van der Waals surface area (Å²) >= 11 is 0. The van der Waals surface area contributed by atoms with Crippen LogP contribution in [0.2, 0.25) is 0 Å². The molecule has 0 unspecified atom stereocenters. The Labute approximate surface area is 145 Å². The normalized spacial score (nSPS) is 16.7. The van der Waals surface area contributed by atoms with E-state index in [1.54, 1.807) is 0 Å². The number of anilines is 1. The first-order valence-electron chi connectivity index (χ1n) is 9.02. The number of unbranched alkanes of at least 4 members (excludes halogenated alkanes) is 5. The number of hydrogen-bond acceptors (Lipinski definition) is 5. The van der Waals surface area contributed by atoms with Crippen molar-refractivity contribution >= 4 is 17.6 Å². The summed E-state index contributed by atoms with van der Waals surface area (Å²) in [7, 11) is 0. The molecule has 0 spiro atoms. The molecule has 2 rings (SSSR count). The van der Waals surface area contributed by atoms with Crippen LogP contribution in [0.3, 0.4) is 0 Å². The minimum atomic E-state index is -0.533. The lowest BCUT2D eigenvalue weighted by Gasteiger charge is -2.38. The number of guanidine groups is 2. The molecular weight excluding hydrogens is 298 g/mol. The van der Waals surface area contributed by atoms with Crippen molar-refractivity contribution in [3.8, 4) is 0 Å². The molecule has 0 aromatic heterocycles. The first-order valence-corrected chi connectivity index (χ1v) is 9.02. The van der Waals surface area contributed by atoms with Crippen molar-refractivity contribution in [2.75, 3.05) is 4.90 Å². The Morgan fingerprint density at radius 2 is 1.75 bits per heavy atom. The van der Waals surface area contributed by atoms with E-state index in [9.17, 15) is 0 Å². The lowest BCUT2D eigenvalue weighted by molar-refractivity contribution is 0.533. The van der Waals surface area contributed by atoms with E-state index < -0.39 is 5.66 Å². The van der Waals surface area contributed by atoms with Gasteiger partial charge in [0.2, 0.25) is 11.9 Å². The van der Waals surface area contributed by atoms with Gasteiger partial charge in [-0.05, 0) is 44.4 Å². The van der Waals surface area contributed by atoms with Crippen LogP contribution in [0.5, 0.6) is 0 Å². The summed E-state index contributed by atoms with van der Waals surface area (Å²) in [5, 5.41) is 0. The van der Waals surface area contributed by atoms with Gasteiger partial charge >= 0.3 is 0 Å². The average molecular weight is 329 g/mol. The highest BCUT2D eigenvalue weighted by atomic mass is 15.4. The molecule has 132 valence electrons. The van der Waals surface area contributed by atoms with Crippen LogP contribution in [0.4, 0.5) is 5.69 Å². The third kappa shape index (κ3) is 4.73. The summed E-state index contributed by atoms with van der Waals surface area (Å²) in [4.78, 5) is 10.5. The second-order valence-corrected chi connectivity index (χ2v) is 6.96. The summed E-state index contributed by atoms with van der Waals surface area (Å²) in [5.74, 6) is 0.626. The zero-order chi connectivity index (χ0) is 17.6. The summed E-state index contributed by atoms with van der Waals surface area (Å²) in [6, 6.07) is 8.49. The van der Waals surface area contributed by atoms with Gasteiger partial charge in [0.25, 0.3) is 0 Å². The van der Waals surface area contributed by atoms with E-state index in [1.807, 2.05) is 24.8 Å². The fourth-order valence-electron chi connectivity index (χ4n) is 3.21. The van der Waals surface area contributed by atoms with Crippen molar-refractivity contribution < 1.29 is 0 Å². The van der Waals surface area contributed by atoms with E-state index in [2.05, 4.69) is 35.1 Å². The SMILES string of the molecule is CCCCCCCCc1cccc(N2C(N)=NC(N)=NC2(C)C)c1. The predicted octanol–water partition coefficient (Wildman–Crippen LogP) is 3.78. The molecule has 1 aromatic rings. The Balaban J connectivity index is 2.01. The van der Waals surface area contributed by atoms with Gasteiger partial charge in [-0.15, -0.1) is 0 Å². The summed E-state index contributed by atoms with van der Waals surface area (Å²) < 4.78 is 0. The van der Waals surface area contributed by atoms with Gasteiger partial charge in [0.05, 0.1) is 0 Å². The van der Waals surface area contributed by atoms with Gasteiger partial charge < -0.3 is 11.5 Å². The second-order valence-electron chi connectivity index (χ2n) is 6.96. The fourth-order valence-corrected chi connectivity index (χ4v) is 3.21. The summed E-state index contributed by atoms with van der Waals surface area (Å²) in [6.07, 6.45) is 8.95. The van der Waals surface area contributed by atoms with Crippen LogP contribution in [0.1, 0.15) is 64.9 Å². The maximum absolute atomic E-state index is 6.11. The summed E-state index contributed by atoms with van der Waals surface area (Å²) in [5.41, 5.74) is 13.7. The highest BCUT2D eigenvalue weighted by Crippen LogP contribution is 2.28. The molecule has 0 bridgehead atoms. The second kappa shape index (κ2) is 8.18. The van der Waals surface area contributed by atoms with Gasteiger partial charge in [0.15, 0.2) is 0 Å². The van der Waals surface area contributed by atoms with E-state index in [0.717, 1.165) is 12.1 Å². The molecule has 0 atom stereocenters. The zero-order valence-corrected chi connectivity index (χ0v) is 15.3. The van der Waals surface area contributed by atoms with Gasteiger partial charge in [-0.3, -0.25) is 4.90 Å². The molecule has 24 heavy (non-hydrogen) atoms. The lowest BCUT2D eigenvalue weighted by Crippen LogP contribution is -2.54. The average Bonchev–Trinajstić information content (AvgIpc) is 2.49. The number of nitrogens with zero attached hydrogens (tertiary/aromatic N) is 3. The molecule has 5 nitrogen and oxygen atoms in total. The predicted molar refractivity (Wildman–Crippen MR) is 103 cm³/mol. The van der Waals surface area contributed by atoms with Crippen molar-refractivity contribution in [1.29, 1.82) is 0 Å². The molecule has 1 aliphatic heterocycles. The molecule has 0 radical (unpaired) electrons. The number of aliphatic imine (C=N–C) groups is 2. The van der Waals surface area contributed by atoms with Crippen LogP contribution in [0.25, 0.3) is 0 Å². The van der Waals surface area contributed by atoms with Crippen LogP contribution in [-0.4, -0.2) is 17.6 Å². The standard InChI is InChI=1S/C19H31N5/c1-4-5-6-7-8-9-11-15-12-10-13-16(14-15)24-18(21)22-17(20)23-19(24,2)3/h10,12-14H,4-9,11H2,1-3H3,(H4,20,21,22,23). The topological polar surface area (TPSA) is 80.0 Å². The van der Waals surface area contributed by atoms with Crippen LogP contribution in [-0.2, 0) is 6.42 Å². The smallest absolute Gasteiger partial charge is 0.220 e. The number of aryl methyl sites for hydroxylation is 1. The van der Waals surface area contributed by atoms with Gasteiger partial charge in [-0.2, -0.15) is 4.99 Å². The quantitative estimate of drug-likeness (QED) is 0.712. The first-order chi connectivity index (χ1) is 11.4. The number of benzene rings is 1. The minimum absolute atomic E-state index is 0.233.